The molecule has 152 valence electrons. The molecule has 1 aliphatic rings. The van der Waals surface area contributed by atoms with Crippen molar-refractivity contribution in [2.24, 2.45) is 5.92 Å². The van der Waals surface area contributed by atoms with Crippen LogP contribution in [0.25, 0.3) is 6.08 Å². The first-order valence-electron chi connectivity index (χ1n) is 8.59. The summed E-state index contributed by atoms with van der Waals surface area (Å²) in [6.07, 6.45) is -0.796. The Morgan fingerprint density at radius 3 is 2.24 bits per heavy atom. The molecule has 4 nitrogen and oxygen atoms in total. The second-order valence-corrected chi connectivity index (χ2v) is 7.42. The maximum atomic E-state index is 13.4. The minimum Gasteiger partial charge on any atom is -0.326 e. The number of carbonyl (C=O) groups excluding carboxylic acids is 2. The molecule has 0 saturated heterocycles. The first-order chi connectivity index (χ1) is 13.6. The maximum absolute atomic E-state index is 13.4. The number of hydrogen-bond acceptors (Lipinski definition) is 2. The summed E-state index contributed by atoms with van der Waals surface area (Å²) in [5.74, 6) is -1.21. The molecule has 2 aromatic rings. The van der Waals surface area contributed by atoms with Crippen molar-refractivity contribution < 1.29 is 22.8 Å². The summed E-state index contributed by atoms with van der Waals surface area (Å²) in [5, 5.41) is 5.39. The largest absolute Gasteiger partial charge is 0.418 e. The maximum Gasteiger partial charge on any atom is 0.418 e. The number of anilines is 2. The van der Waals surface area contributed by atoms with Gasteiger partial charge in [-0.05, 0) is 60.9 Å². The predicted molar refractivity (Wildman–Crippen MR) is 107 cm³/mol. The van der Waals surface area contributed by atoms with Crippen molar-refractivity contribution in [1.82, 2.24) is 0 Å². The molecule has 0 bridgehead atoms. The highest BCUT2D eigenvalue weighted by atomic mass is 35.5. The number of carbonyl (C=O) groups is 2. The van der Waals surface area contributed by atoms with Crippen molar-refractivity contribution >= 4 is 52.5 Å². The third kappa shape index (κ3) is 5.98. The van der Waals surface area contributed by atoms with Crippen LogP contribution in [0.3, 0.4) is 0 Å². The lowest BCUT2D eigenvalue weighted by atomic mass is 10.1. The third-order valence-corrected chi connectivity index (χ3v) is 4.55. The molecule has 0 aliphatic heterocycles. The van der Waals surface area contributed by atoms with Crippen LogP contribution in [-0.4, -0.2) is 11.8 Å². The zero-order chi connectivity index (χ0) is 21.2. The van der Waals surface area contributed by atoms with Crippen LogP contribution in [0.4, 0.5) is 24.5 Å². The van der Waals surface area contributed by atoms with Crippen LogP contribution in [0.2, 0.25) is 10.0 Å². The average molecular weight is 443 g/mol. The van der Waals surface area contributed by atoms with E-state index >= 15 is 0 Å². The van der Waals surface area contributed by atoms with E-state index in [1.54, 1.807) is 12.1 Å². The number of amides is 2. The second kappa shape index (κ2) is 8.47. The fraction of sp³-hybridized carbons (Fsp3) is 0.200. The van der Waals surface area contributed by atoms with E-state index < -0.39 is 23.3 Å². The molecule has 1 fully saturated rings. The Labute approximate surface area is 174 Å². The Kier molecular flexibility index (Phi) is 6.19. The second-order valence-electron chi connectivity index (χ2n) is 6.55. The minimum absolute atomic E-state index is 0.0244. The molecule has 1 saturated carbocycles. The van der Waals surface area contributed by atoms with Crippen LogP contribution in [0.5, 0.6) is 0 Å². The van der Waals surface area contributed by atoms with Crippen molar-refractivity contribution in [3.8, 4) is 0 Å². The van der Waals surface area contributed by atoms with Gasteiger partial charge >= 0.3 is 6.18 Å². The number of alkyl halides is 3. The Morgan fingerprint density at radius 2 is 1.66 bits per heavy atom. The van der Waals surface area contributed by atoms with E-state index in [0.29, 0.717) is 15.6 Å². The quantitative estimate of drug-likeness (QED) is 0.556. The normalized spacial score (nSPS) is 14.1. The number of benzene rings is 2. The lowest BCUT2D eigenvalue weighted by Gasteiger charge is -2.15. The van der Waals surface area contributed by atoms with Crippen molar-refractivity contribution in [2.45, 2.75) is 19.0 Å². The van der Waals surface area contributed by atoms with Gasteiger partial charge < -0.3 is 10.6 Å². The molecule has 0 heterocycles. The van der Waals surface area contributed by atoms with Crippen LogP contribution >= 0.6 is 23.2 Å². The van der Waals surface area contributed by atoms with Gasteiger partial charge in [0.05, 0.1) is 11.3 Å². The first kappa shape index (κ1) is 21.2. The molecule has 0 unspecified atom stereocenters. The van der Waals surface area contributed by atoms with E-state index in [1.807, 2.05) is 0 Å². The topological polar surface area (TPSA) is 58.2 Å². The molecule has 2 aromatic carbocycles. The van der Waals surface area contributed by atoms with Crippen molar-refractivity contribution in [3.05, 3.63) is 63.6 Å². The monoisotopic (exact) mass is 442 g/mol. The molecule has 2 N–H and O–H groups in total. The van der Waals surface area contributed by atoms with Gasteiger partial charge in [-0.1, -0.05) is 23.2 Å². The van der Waals surface area contributed by atoms with E-state index in [1.165, 1.54) is 18.2 Å². The van der Waals surface area contributed by atoms with Gasteiger partial charge in [0.2, 0.25) is 11.8 Å². The molecule has 0 aromatic heterocycles. The molecular weight excluding hydrogens is 428 g/mol. The minimum atomic E-state index is -4.72. The molecular formula is C20H15Cl2F3N2O2. The van der Waals surface area contributed by atoms with Crippen molar-refractivity contribution in [2.75, 3.05) is 10.6 Å². The van der Waals surface area contributed by atoms with Gasteiger partial charge in [-0.3, -0.25) is 9.59 Å². The van der Waals surface area contributed by atoms with Crippen LogP contribution in [-0.2, 0) is 15.8 Å². The van der Waals surface area contributed by atoms with Gasteiger partial charge in [0.15, 0.2) is 0 Å². The number of halogens is 5. The summed E-state index contributed by atoms with van der Waals surface area (Å²) >= 11 is 11.7. The molecule has 9 heteroatoms. The highest BCUT2D eigenvalue weighted by Gasteiger charge is 2.35. The van der Waals surface area contributed by atoms with Gasteiger partial charge in [0, 0.05) is 27.7 Å². The highest BCUT2D eigenvalue weighted by Crippen LogP contribution is 2.37. The van der Waals surface area contributed by atoms with E-state index in [-0.39, 0.29) is 17.5 Å². The smallest absolute Gasteiger partial charge is 0.326 e. The fourth-order valence-corrected chi connectivity index (χ4v) is 3.12. The Hall–Kier alpha value is -2.51. The summed E-state index contributed by atoms with van der Waals surface area (Å²) in [4.78, 5) is 23.9. The molecule has 0 spiro atoms. The third-order valence-electron chi connectivity index (χ3n) is 4.11. The molecule has 0 atom stereocenters. The molecule has 2 amide bonds. The van der Waals surface area contributed by atoms with E-state index in [9.17, 15) is 22.8 Å². The number of hydrogen-bond donors (Lipinski definition) is 2. The molecule has 3 rings (SSSR count). The van der Waals surface area contributed by atoms with E-state index in [4.69, 9.17) is 23.2 Å². The predicted octanol–water partition coefficient (Wildman–Crippen LogP) is 6.01. The number of rotatable bonds is 5. The average Bonchev–Trinajstić information content (AvgIpc) is 3.45. The van der Waals surface area contributed by atoms with E-state index in [2.05, 4.69) is 10.6 Å². The summed E-state index contributed by atoms with van der Waals surface area (Å²) in [5.41, 5.74) is -0.928. The van der Waals surface area contributed by atoms with Gasteiger partial charge in [0.25, 0.3) is 0 Å². The van der Waals surface area contributed by atoms with Gasteiger partial charge in [-0.2, -0.15) is 13.2 Å². The number of nitrogens with one attached hydrogen (secondary N) is 2. The first-order valence-corrected chi connectivity index (χ1v) is 9.35. The van der Waals surface area contributed by atoms with Crippen molar-refractivity contribution in [1.29, 1.82) is 0 Å². The fourth-order valence-electron chi connectivity index (χ4n) is 2.57. The molecule has 29 heavy (non-hydrogen) atoms. The highest BCUT2D eigenvalue weighted by molar-refractivity contribution is 6.34. The lowest BCUT2D eigenvalue weighted by molar-refractivity contribution is -0.137. The lowest BCUT2D eigenvalue weighted by Crippen LogP contribution is -2.17. The van der Waals surface area contributed by atoms with Gasteiger partial charge in [0.1, 0.15) is 0 Å². The summed E-state index contributed by atoms with van der Waals surface area (Å²) < 4.78 is 40.2. The van der Waals surface area contributed by atoms with Gasteiger partial charge in [-0.15, -0.1) is 0 Å². The zero-order valence-electron chi connectivity index (χ0n) is 14.8. The SMILES string of the molecule is O=C(C=Cc1cc(Cl)cc(Cl)c1)Nc1ccc(NC(=O)C2CC2)cc1C(F)(F)F. The van der Waals surface area contributed by atoms with Crippen molar-refractivity contribution in [3.63, 3.8) is 0 Å². The summed E-state index contributed by atoms with van der Waals surface area (Å²) in [6, 6.07) is 7.83. The summed E-state index contributed by atoms with van der Waals surface area (Å²) in [7, 11) is 0. The Morgan fingerprint density at radius 1 is 1.00 bits per heavy atom. The van der Waals surface area contributed by atoms with E-state index in [0.717, 1.165) is 31.1 Å². The van der Waals surface area contributed by atoms with Gasteiger partial charge in [-0.25, -0.2) is 0 Å². The van der Waals surface area contributed by atoms with Crippen LogP contribution in [0.1, 0.15) is 24.0 Å². The Bertz CT molecular complexity index is 966. The standard InChI is InChI=1S/C20H15Cl2F3N2O2/c21-13-7-11(8-14(22)9-13)1-6-18(28)27-17-5-4-15(10-16(17)20(23,24)25)26-19(29)12-2-3-12/h1,4-10,12H,2-3H2,(H,26,29)(H,27,28). The Balaban J connectivity index is 1.76. The van der Waals surface area contributed by atoms with Crippen LogP contribution in [0, 0.1) is 5.92 Å². The van der Waals surface area contributed by atoms with Crippen LogP contribution < -0.4 is 10.6 Å². The molecule has 0 radical (unpaired) electrons. The zero-order valence-corrected chi connectivity index (χ0v) is 16.3. The molecule has 1 aliphatic carbocycles. The summed E-state index contributed by atoms with van der Waals surface area (Å²) in [6.45, 7) is 0. The van der Waals surface area contributed by atoms with Crippen LogP contribution in [0.15, 0.2) is 42.5 Å².